The zero-order valence-corrected chi connectivity index (χ0v) is 15.3. The molecule has 1 aliphatic rings. The van der Waals surface area contributed by atoms with Gasteiger partial charge in [-0.05, 0) is 38.4 Å². The molecule has 1 atom stereocenters. The van der Waals surface area contributed by atoms with E-state index in [0.717, 1.165) is 43.8 Å². The van der Waals surface area contributed by atoms with Crippen LogP contribution in [-0.4, -0.2) is 39.5 Å². The summed E-state index contributed by atoms with van der Waals surface area (Å²) in [6.45, 7) is 9.10. The number of nitrogens with one attached hydrogen (secondary N) is 1. The first-order valence-electron chi connectivity index (χ1n) is 9.16. The molecule has 0 bridgehead atoms. The van der Waals surface area contributed by atoms with Gasteiger partial charge < -0.3 is 9.88 Å². The van der Waals surface area contributed by atoms with Crippen molar-refractivity contribution in [3.63, 3.8) is 0 Å². The third-order valence-corrected chi connectivity index (χ3v) is 4.87. The Kier molecular flexibility index (Phi) is 5.37. The van der Waals surface area contributed by atoms with E-state index in [-0.39, 0.29) is 23.7 Å². The number of aromatic nitrogens is 2. The van der Waals surface area contributed by atoms with Gasteiger partial charge in [0.2, 0.25) is 5.91 Å². The maximum absolute atomic E-state index is 14.0. The predicted octanol–water partition coefficient (Wildman–Crippen LogP) is 2.93. The summed E-state index contributed by atoms with van der Waals surface area (Å²) in [6, 6.07) is 5.28. The molecule has 1 N–H and O–H groups in total. The second-order valence-electron chi connectivity index (χ2n) is 7.12. The van der Waals surface area contributed by atoms with Gasteiger partial charge in [-0.25, -0.2) is 9.37 Å². The molecule has 5 nitrogen and oxygen atoms in total. The number of likely N-dealkylation sites (tertiary alicyclic amines) is 1. The summed E-state index contributed by atoms with van der Waals surface area (Å²) in [4.78, 5) is 18.8. The number of benzene rings is 1. The monoisotopic (exact) mass is 346 g/mol. The highest BCUT2D eigenvalue weighted by atomic mass is 19.1. The summed E-state index contributed by atoms with van der Waals surface area (Å²) >= 11 is 0. The Balaban J connectivity index is 1.74. The van der Waals surface area contributed by atoms with E-state index in [1.165, 1.54) is 6.07 Å². The first-order valence-corrected chi connectivity index (χ1v) is 9.16. The van der Waals surface area contributed by atoms with Gasteiger partial charge in [0.05, 0.1) is 12.1 Å². The fourth-order valence-corrected chi connectivity index (χ4v) is 3.52. The van der Waals surface area contributed by atoms with Gasteiger partial charge in [-0.3, -0.25) is 9.69 Å². The van der Waals surface area contributed by atoms with Gasteiger partial charge in [-0.1, -0.05) is 19.9 Å². The first-order chi connectivity index (χ1) is 12.0. The van der Waals surface area contributed by atoms with Crippen molar-refractivity contribution in [3.8, 4) is 0 Å². The van der Waals surface area contributed by atoms with Crippen LogP contribution in [0.1, 0.15) is 39.4 Å². The lowest BCUT2D eigenvalue weighted by Crippen LogP contribution is -2.48. The smallest absolute Gasteiger partial charge is 0.222 e. The molecule has 0 spiro atoms. The summed E-state index contributed by atoms with van der Waals surface area (Å²) in [5, 5.41) is 3.13. The summed E-state index contributed by atoms with van der Waals surface area (Å²) in [5.74, 6) is 0.725. The number of carbonyl (C=O) groups is 1. The van der Waals surface area contributed by atoms with E-state index in [9.17, 15) is 9.18 Å². The Bertz CT molecular complexity index is 755. The van der Waals surface area contributed by atoms with Crippen molar-refractivity contribution >= 4 is 16.9 Å². The molecule has 1 saturated heterocycles. The number of nitrogens with zero attached hydrogens (tertiary/aromatic N) is 3. The van der Waals surface area contributed by atoms with E-state index < -0.39 is 0 Å². The molecule has 0 aliphatic carbocycles. The predicted molar refractivity (Wildman–Crippen MR) is 96.6 cm³/mol. The number of amides is 1. The number of fused-ring (bicyclic) bond motifs is 1. The second kappa shape index (κ2) is 7.52. The summed E-state index contributed by atoms with van der Waals surface area (Å²) in [7, 11) is 0. The lowest BCUT2D eigenvalue weighted by Gasteiger charge is -2.33. The summed E-state index contributed by atoms with van der Waals surface area (Å²) < 4.78 is 16.1. The fraction of sp³-hybridized carbons (Fsp3) is 0.579. The van der Waals surface area contributed by atoms with Crippen LogP contribution in [0, 0.1) is 11.7 Å². The molecular formula is C19H27FN4O. The zero-order valence-electron chi connectivity index (χ0n) is 15.3. The minimum atomic E-state index is -0.272. The number of hydrogen-bond donors (Lipinski definition) is 1. The van der Waals surface area contributed by atoms with Crippen LogP contribution in [0.5, 0.6) is 0 Å². The van der Waals surface area contributed by atoms with Gasteiger partial charge in [0.1, 0.15) is 11.3 Å². The molecule has 0 saturated carbocycles. The molecular weight excluding hydrogens is 319 g/mol. The molecule has 1 aliphatic heterocycles. The molecule has 3 rings (SSSR count). The molecule has 0 radical (unpaired) electrons. The Morgan fingerprint density at radius 3 is 2.96 bits per heavy atom. The largest absolute Gasteiger partial charge is 0.352 e. The topological polar surface area (TPSA) is 50.2 Å². The molecule has 2 aromatic rings. The fourth-order valence-electron chi connectivity index (χ4n) is 3.52. The van der Waals surface area contributed by atoms with Crippen LogP contribution in [0.2, 0.25) is 0 Å². The van der Waals surface area contributed by atoms with Gasteiger partial charge in [0.25, 0.3) is 0 Å². The molecule has 1 amide bonds. The van der Waals surface area contributed by atoms with Gasteiger partial charge in [-0.15, -0.1) is 0 Å². The molecule has 2 heterocycles. The normalized spacial score (nSPS) is 18.8. The van der Waals surface area contributed by atoms with Crippen molar-refractivity contribution < 1.29 is 9.18 Å². The lowest BCUT2D eigenvalue weighted by molar-refractivity contribution is -0.125. The minimum Gasteiger partial charge on any atom is -0.352 e. The Morgan fingerprint density at radius 2 is 2.24 bits per heavy atom. The number of rotatable bonds is 5. The van der Waals surface area contributed by atoms with E-state index in [0.29, 0.717) is 12.1 Å². The molecule has 1 fully saturated rings. The van der Waals surface area contributed by atoms with Gasteiger partial charge >= 0.3 is 0 Å². The van der Waals surface area contributed by atoms with Crippen LogP contribution < -0.4 is 5.32 Å². The van der Waals surface area contributed by atoms with Crippen LogP contribution in [0.3, 0.4) is 0 Å². The Morgan fingerprint density at radius 1 is 1.44 bits per heavy atom. The average molecular weight is 346 g/mol. The van der Waals surface area contributed by atoms with Gasteiger partial charge in [0, 0.05) is 25.0 Å². The Labute approximate surface area is 148 Å². The van der Waals surface area contributed by atoms with Crippen molar-refractivity contribution in [1.29, 1.82) is 0 Å². The third kappa shape index (κ3) is 3.84. The molecule has 136 valence electrons. The lowest BCUT2D eigenvalue weighted by atomic mass is 10.0. The highest BCUT2D eigenvalue weighted by Gasteiger charge is 2.24. The number of carbonyl (C=O) groups excluding carboxylic acids is 1. The Hall–Kier alpha value is -1.95. The van der Waals surface area contributed by atoms with E-state index in [1.54, 1.807) is 6.07 Å². The van der Waals surface area contributed by atoms with Crippen molar-refractivity contribution in [2.75, 3.05) is 13.1 Å². The van der Waals surface area contributed by atoms with Crippen molar-refractivity contribution in [3.05, 3.63) is 29.8 Å². The van der Waals surface area contributed by atoms with Crippen molar-refractivity contribution in [2.45, 2.75) is 52.7 Å². The second-order valence-corrected chi connectivity index (χ2v) is 7.12. The molecule has 25 heavy (non-hydrogen) atoms. The van der Waals surface area contributed by atoms with E-state index in [4.69, 9.17) is 0 Å². The maximum atomic E-state index is 14.0. The van der Waals surface area contributed by atoms with Crippen molar-refractivity contribution in [1.82, 2.24) is 19.8 Å². The van der Waals surface area contributed by atoms with Crippen LogP contribution in [0.4, 0.5) is 4.39 Å². The summed E-state index contributed by atoms with van der Waals surface area (Å²) in [6.07, 6.45) is 2.05. The van der Waals surface area contributed by atoms with Crippen LogP contribution in [0.25, 0.3) is 11.0 Å². The van der Waals surface area contributed by atoms with E-state index >= 15 is 0 Å². The summed E-state index contributed by atoms with van der Waals surface area (Å²) in [5.41, 5.74) is 1.29. The van der Waals surface area contributed by atoms with Crippen LogP contribution >= 0.6 is 0 Å². The van der Waals surface area contributed by atoms with Crippen LogP contribution in [0.15, 0.2) is 18.2 Å². The number of para-hydroxylation sites is 1. The van der Waals surface area contributed by atoms with Crippen molar-refractivity contribution in [2.24, 2.45) is 5.92 Å². The minimum absolute atomic E-state index is 0.00245. The van der Waals surface area contributed by atoms with Gasteiger partial charge in [0.15, 0.2) is 5.82 Å². The number of piperidine rings is 1. The standard InChI is InChI=1S/C19H27FN4O/c1-4-24-16-9-5-8-15(20)18(16)22-17(24)12-23-10-6-7-14(11-23)21-19(25)13(2)3/h5,8-9,13-14H,4,6-7,10-12H2,1-3H3,(H,21,25)/t14-/m0/s1. The first kappa shape index (κ1) is 17.9. The highest BCUT2D eigenvalue weighted by Crippen LogP contribution is 2.21. The highest BCUT2D eigenvalue weighted by molar-refractivity contribution is 5.78. The SMILES string of the molecule is CCn1c(CN2CCC[C@H](NC(=O)C(C)C)C2)nc2c(F)cccc21. The third-order valence-electron chi connectivity index (χ3n) is 4.87. The number of imidazole rings is 1. The van der Waals surface area contributed by atoms with E-state index in [1.807, 2.05) is 19.9 Å². The van der Waals surface area contributed by atoms with Gasteiger partial charge in [-0.2, -0.15) is 0 Å². The average Bonchev–Trinajstić information content (AvgIpc) is 2.93. The van der Waals surface area contributed by atoms with Crippen LogP contribution in [-0.2, 0) is 17.9 Å². The number of aryl methyl sites for hydroxylation is 1. The quantitative estimate of drug-likeness (QED) is 0.906. The molecule has 1 aromatic carbocycles. The number of halogens is 1. The molecule has 6 heteroatoms. The molecule has 0 unspecified atom stereocenters. The maximum Gasteiger partial charge on any atom is 0.222 e. The zero-order chi connectivity index (χ0) is 18.0. The molecule has 1 aromatic heterocycles. The number of hydrogen-bond acceptors (Lipinski definition) is 3. The van der Waals surface area contributed by atoms with E-state index in [2.05, 4.69) is 26.7 Å².